The first-order chi connectivity index (χ1) is 6.18. The molecule has 0 saturated heterocycles. The van der Waals surface area contributed by atoms with Crippen molar-refractivity contribution in [1.82, 2.24) is 0 Å². The second-order valence-corrected chi connectivity index (χ2v) is 3.09. The molecule has 0 aliphatic carbocycles. The van der Waals surface area contributed by atoms with E-state index in [1.54, 1.807) is 0 Å². The highest BCUT2D eigenvalue weighted by Gasteiger charge is 2.20. The third-order valence-corrected chi connectivity index (χ3v) is 2.17. The lowest BCUT2D eigenvalue weighted by Gasteiger charge is -2.22. The summed E-state index contributed by atoms with van der Waals surface area (Å²) in [5.41, 5.74) is 6.36. The first-order valence-electron chi connectivity index (χ1n) is 4.09. The van der Waals surface area contributed by atoms with Crippen LogP contribution >= 0.6 is 0 Å². The molecule has 0 spiro atoms. The van der Waals surface area contributed by atoms with Gasteiger partial charge in [0.25, 0.3) is 0 Å². The van der Waals surface area contributed by atoms with Crippen molar-refractivity contribution in [3.63, 3.8) is 0 Å². The summed E-state index contributed by atoms with van der Waals surface area (Å²) in [5.74, 6) is -0.565. The van der Waals surface area contributed by atoms with Crippen molar-refractivity contribution < 1.29 is 14.2 Å². The van der Waals surface area contributed by atoms with Crippen LogP contribution in [0.5, 0.6) is 11.5 Å². The molecular formula is C9H10FNO2. The summed E-state index contributed by atoms with van der Waals surface area (Å²) < 4.78 is 18.1. The van der Waals surface area contributed by atoms with Crippen molar-refractivity contribution in [2.24, 2.45) is 5.73 Å². The van der Waals surface area contributed by atoms with E-state index in [1.807, 2.05) is 0 Å². The fourth-order valence-corrected chi connectivity index (χ4v) is 1.42. The van der Waals surface area contributed by atoms with Crippen LogP contribution in [-0.2, 0) is 0 Å². The van der Waals surface area contributed by atoms with Gasteiger partial charge in [-0.15, -0.1) is 0 Å². The van der Waals surface area contributed by atoms with Gasteiger partial charge >= 0.3 is 0 Å². The maximum absolute atomic E-state index is 12.9. The molecule has 1 heterocycles. The Kier molecular flexibility index (Phi) is 1.84. The van der Waals surface area contributed by atoms with E-state index in [4.69, 9.17) is 15.6 Å². The minimum Gasteiger partial charge on any atom is -0.505 e. The number of phenolic OH excluding ortho intramolecular Hbond substituents is 1. The van der Waals surface area contributed by atoms with Crippen molar-refractivity contribution in [3.8, 4) is 11.5 Å². The fourth-order valence-electron chi connectivity index (χ4n) is 1.42. The van der Waals surface area contributed by atoms with E-state index in [1.165, 1.54) is 12.1 Å². The number of hydrogen-bond acceptors (Lipinski definition) is 3. The van der Waals surface area contributed by atoms with Crippen LogP contribution in [0.1, 0.15) is 18.0 Å². The molecule has 3 nitrogen and oxygen atoms in total. The number of nitrogens with two attached hydrogens (primary N) is 1. The summed E-state index contributed by atoms with van der Waals surface area (Å²) in [7, 11) is 0. The van der Waals surface area contributed by atoms with Gasteiger partial charge in [0.05, 0.1) is 6.61 Å². The standard InChI is InChI=1S/C9H10FNO2/c10-6-3-5-7(11)1-2-13-9(5)4-8(6)12/h3-4,7,12H,1-2,11H2. The van der Waals surface area contributed by atoms with Gasteiger partial charge in [-0.05, 0) is 6.07 Å². The maximum Gasteiger partial charge on any atom is 0.165 e. The van der Waals surface area contributed by atoms with E-state index in [2.05, 4.69) is 0 Å². The van der Waals surface area contributed by atoms with Gasteiger partial charge in [0, 0.05) is 24.1 Å². The van der Waals surface area contributed by atoms with E-state index in [-0.39, 0.29) is 6.04 Å². The molecule has 1 aliphatic heterocycles. The average molecular weight is 183 g/mol. The SMILES string of the molecule is NC1CCOc2cc(O)c(F)cc21. The van der Waals surface area contributed by atoms with E-state index in [0.717, 1.165) is 0 Å². The van der Waals surface area contributed by atoms with Crippen LogP contribution in [0.3, 0.4) is 0 Å². The molecule has 70 valence electrons. The molecule has 13 heavy (non-hydrogen) atoms. The van der Waals surface area contributed by atoms with Crippen molar-refractivity contribution in [3.05, 3.63) is 23.5 Å². The monoisotopic (exact) mass is 183 g/mol. The van der Waals surface area contributed by atoms with Gasteiger partial charge < -0.3 is 15.6 Å². The minimum absolute atomic E-state index is 0.196. The lowest BCUT2D eigenvalue weighted by Crippen LogP contribution is -2.20. The van der Waals surface area contributed by atoms with Crippen LogP contribution in [0.2, 0.25) is 0 Å². The summed E-state index contributed by atoms with van der Waals surface area (Å²) in [4.78, 5) is 0. The molecule has 0 aromatic heterocycles. The van der Waals surface area contributed by atoms with Gasteiger partial charge in [-0.3, -0.25) is 0 Å². The Bertz CT molecular complexity index is 341. The average Bonchev–Trinajstić information content (AvgIpc) is 2.09. The third-order valence-electron chi connectivity index (χ3n) is 2.17. The molecule has 1 aromatic rings. The second kappa shape index (κ2) is 2.88. The number of ether oxygens (including phenoxy) is 1. The third kappa shape index (κ3) is 1.33. The fraction of sp³-hybridized carbons (Fsp3) is 0.333. The van der Waals surface area contributed by atoms with Crippen molar-refractivity contribution >= 4 is 0 Å². The van der Waals surface area contributed by atoms with Crippen LogP contribution in [0.25, 0.3) is 0 Å². The minimum atomic E-state index is -0.653. The zero-order valence-electron chi connectivity index (χ0n) is 6.96. The number of phenols is 1. The molecule has 3 N–H and O–H groups in total. The zero-order valence-corrected chi connectivity index (χ0v) is 6.96. The second-order valence-electron chi connectivity index (χ2n) is 3.09. The number of fused-ring (bicyclic) bond motifs is 1. The molecule has 1 aliphatic rings. The van der Waals surface area contributed by atoms with Gasteiger partial charge in [0.1, 0.15) is 5.75 Å². The normalized spacial score (nSPS) is 20.6. The largest absolute Gasteiger partial charge is 0.505 e. The van der Waals surface area contributed by atoms with Crippen molar-refractivity contribution in [2.45, 2.75) is 12.5 Å². The molecule has 1 aromatic carbocycles. The molecule has 1 unspecified atom stereocenters. The summed E-state index contributed by atoms with van der Waals surface area (Å²) in [6.07, 6.45) is 0.678. The molecule has 4 heteroatoms. The molecule has 0 amide bonds. The Morgan fingerprint density at radius 3 is 3.08 bits per heavy atom. The Labute approximate surface area is 74.9 Å². The van der Waals surface area contributed by atoms with E-state index in [0.29, 0.717) is 24.3 Å². The molecule has 0 bridgehead atoms. The number of halogens is 1. The summed E-state index contributed by atoms with van der Waals surface area (Å²) in [6.45, 7) is 0.513. The zero-order chi connectivity index (χ0) is 9.42. The quantitative estimate of drug-likeness (QED) is 0.637. The molecule has 1 atom stereocenters. The smallest absolute Gasteiger partial charge is 0.165 e. The van der Waals surface area contributed by atoms with Gasteiger partial charge in [-0.1, -0.05) is 0 Å². The van der Waals surface area contributed by atoms with Crippen LogP contribution in [0, 0.1) is 5.82 Å². The van der Waals surface area contributed by atoms with Gasteiger partial charge in [-0.2, -0.15) is 0 Å². The highest BCUT2D eigenvalue weighted by molar-refractivity contribution is 5.43. The summed E-state index contributed by atoms with van der Waals surface area (Å²) in [5, 5.41) is 9.07. The van der Waals surface area contributed by atoms with Crippen LogP contribution < -0.4 is 10.5 Å². The summed E-state index contributed by atoms with van der Waals surface area (Å²) in [6, 6.07) is 2.30. The molecule has 0 fully saturated rings. The van der Waals surface area contributed by atoms with Crippen LogP contribution in [0.15, 0.2) is 12.1 Å². The summed E-state index contributed by atoms with van der Waals surface area (Å²) >= 11 is 0. The Morgan fingerprint density at radius 2 is 2.31 bits per heavy atom. The maximum atomic E-state index is 12.9. The number of hydrogen-bond donors (Lipinski definition) is 2. The van der Waals surface area contributed by atoms with Gasteiger partial charge in [0.15, 0.2) is 11.6 Å². The van der Waals surface area contributed by atoms with Crippen LogP contribution in [-0.4, -0.2) is 11.7 Å². The van der Waals surface area contributed by atoms with Gasteiger partial charge in [0.2, 0.25) is 0 Å². The Balaban J connectivity index is 2.52. The van der Waals surface area contributed by atoms with E-state index in [9.17, 15) is 4.39 Å². The highest BCUT2D eigenvalue weighted by atomic mass is 19.1. The molecule has 0 radical (unpaired) electrons. The van der Waals surface area contributed by atoms with E-state index < -0.39 is 11.6 Å². The lowest BCUT2D eigenvalue weighted by molar-refractivity contribution is 0.265. The Morgan fingerprint density at radius 1 is 1.54 bits per heavy atom. The van der Waals surface area contributed by atoms with Crippen LogP contribution in [0.4, 0.5) is 4.39 Å². The topological polar surface area (TPSA) is 55.5 Å². The molecule has 0 saturated carbocycles. The van der Waals surface area contributed by atoms with Crippen molar-refractivity contribution in [2.75, 3.05) is 6.61 Å². The predicted octanol–water partition coefficient (Wildman–Crippen LogP) is 1.31. The molecule has 2 rings (SSSR count). The predicted molar refractivity (Wildman–Crippen MR) is 45.1 cm³/mol. The van der Waals surface area contributed by atoms with Gasteiger partial charge in [-0.25, -0.2) is 4.39 Å². The number of aromatic hydroxyl groups is 1. The first-order valence-corrected chi connectivity index (χ1v) is 4.09. The highest BCUT2D eigenvalue weighted by Crippen LogP contribution is 2.34. The van der Waals surface area contributed by atoms with Crippen molar-refractivity contribution in [1.29, 1.82) is 0 Å². The first kappa shape index (κ1) is 8.31. The number of benzene rings is 1. The Hall–Kier alpha value is -1.29. The number of rotatable bonds is 0. The molecular weight excluding hydrogens is 173 g/mol. The lowest BCUT2D eigenvalue weighted by atomic mass is 10.0. The van der Waals surface area contributed by atoms with E-state index >= 15 is 0 Å².